The molecule has 0 amide bonds. The predicted molar refractivity (Wildman–Crippen MR) is 119 cm³/mol. The molecule has 0 radical (unpaired) electrons. The van der Waals surface area contributed by atoms with Crippen LogP contribution in [0.25, 0.3) is 22.0 Å². The third-order valence-corrected chi connectivity index (χ3v) is 5.08. The summed E-state index contributed by atoms with van der Waals surface area (Å²) in [6, 6.07) is 19.0. The maximum atomic E-state index is 5.90. The molecule has 5 nitrogen and oxygen atoms in total. The zero-order valence-electron chi connectivity index (χ0n) is 16.7. The summed E-state index contributed by atoms with van der Waals surface area (Å²) in [6.45, 7) is 2.24. The zero-order valence-corrected chi connectivity index (χ0v) is 16.7. The maximum Gasteiger partial charge on any atom is 0.218 e. The first-order valence-electron chi connectivity index (χ1n) is 9.90. The van der Waals surface area contributed by atoms with Crippen molar-refractivity contribution in [1.82, 2.24) is 4.98 Å². The molecule has 0 spiro atoms. The van der Waals surface area contributed by atoms with Crippen LogP contribution < -0.4 is 16.5 Å². The number of pyridine rings is 1. The Labute approximate surface area is 167 Å². The van der Waals surface area contributed by atoms with Gasteiger partial charge in [0.25, 0.3) is 0 Å². The quantitative estimate of drug-likeness (QED) is 0.207. The highest BCUT2D eigenvalue weighted by molar-refractivity contribution is 6.00. The molecule has 0 aliphatic heterocycles. The van der Waals surface area contributed by atoms with E-state index >= 15 is 0 Å². The van der Waals surface area contributed by atoms with Crippen molar-refractivity contribution in [3.8, 4) is 11.1 Å². The molecule has 0 fully saturated rings. The fourth-order valence-corrected chi connectivity index (χ4v) is 3.40. The van der Waals surface area contributed by atoms with E-state index in [2.05, 4.69) is 60.6 Å². The van der Waals surface area contributed by atoms with Gasteiger partial charge in [0.1, 0.15) is 5.82 Å². The van der Waals surface area contributed by atoms with Crippen LogP contribution in [0.5, 0.6) is 0 Å². The van der Waals surface area contributed by atoms with Crippen LogP contribution in [-0.4, -0.2) is 18.0 Å². The van der Waals surface area contributed by atoms with Gasteiger partial charge in [-0.25, -0.2) is 4.98 Å². The molecular weight excluding hydrogens is 346 g/mol. The number of hydrogen-bond acceptors (Lipinski definition) is 3. The minimum Gasteiger partial charge on any atom is -0.368 e. The number of fused-ring (bicyclic) bond motifs is 1. The van der Waals surface area contributed by atoms with Gasteiger partial charge in [-0.1, -0.05) is 62.6 Å². The van der Waals surface area contributed by atoms with E-state index in [1.807, 2.05) is 13.1 Å². The molecule has 2 aromatic carbocycles. The number of rotatable bonds is 7. The maximum absolute atomic E-state index is 5.90. The smallest absolute Gasteiger partial charge is 0.218 e. The van der Waals surface area contributed by atoms with E-state index in [0.29, 0.717) is 5.82 Å². The van der Waals surface area contributed by atoms with Gasteiger partial charge in [0.05, 0.1) is 5.52 Å². The molecule has 0 bridgehead atoms. The Balaban J connectivity index is 2.07. The molecule has 3 rings (SSSR count). The highest BCUT2D eigenvalue weighted by atomic mass is 15.3. The van der Waals surface area contributed by atoms with Crippen LogP contribution in [0.3, 0.4) is 0 Å². The molecule has 28 heavy (non-hydrogen) atoms. The Hall–Kier alpha value is -3.08. The van der Waals surface area contributed by atoms with Crippen LogP contribution in [0.15, 0.2) is 59.7 Å². The first kappa shape index (κ1) is 19.7. The summed E-state index contributed by atoms with van der Waals surface area (Å²) < 4.78 is 0. The average molecular weight is 376 g/mol. The van der Waals surface area contributed by atoms with Gasteiger partial charge in [0.2, 0.25) is 5.96 Å². The molecule has 3 aromatic rings. The van der Waals surface area contributed by atoms with E-state index in [1.165, 1.54) is 31.2 Å². The van der Waals surface area contributed by atoms with E-state index in [9.17, 15) is 0 Å². The van der Waals surface area contributed by atoms with Crippen molar-refractivity contribution < 1.29 is 0 Å². The first-order chi connectivity index (χ1) is 13.6. The SMILES string of the molecule is CCCCCCc1ccc2nc(N(C)/C(N)=N/N)cc(-c3ccccc3)c2c1. The van der Waals surface area contributed by atoms with Crippen LogP contribution >= 0.6 is 0 Å². The van der Waals surface area contributed by atoms with Crippen molar-refractivity contribution in [2.75, 3.05) is 11.9 Å². The number of anilines is 1. The molecule has 5 heteroatoms. The largest absolute Gasteiger partial charge is 0.368 e. The summed E-state index contributed by atoms with van der Waals surface area (Å²) in [5, 5.41) is 4.74. The minimum atomic E-state index is 0.221. The van der Waals surface area contributed by atoms with Gasteiger partial charge in [0.15, 0.2) is 0 Å². The van der Waals surface area contributed by atoms with Crippen LogP contribution in [-0.2, 0) is 6.42 Å². The van der Waals surface area contributed by atoms with Gasteiger partial charge in [-0.15, -0.1) is 5.10 Å². The second kappa shape index (κ2) is 9.22. The van der Waals surface area contributed by atoms with Gasteiger partial charge in [-0.2, -0.15) is 0 Å². The van der Waals surface area contributed by atoms with Crippen LogP contribution in [0.4, 0.5) is 5.82 Å². The number of unbranched alkanes of at least 4 members (excludes halogenated alkanes) is 3. The van der Waals surface area contributed by atoms with Crippen molar-refractivity contribution in [2.45, 2.75) is 39.0 Å². The molecule has 0 saturated heterocycles. The summed E-state index contributed by atoms with van der Waals surface area (Å²) in [6.07, 6.45) is 6.14. The van der Waals surface area contributed by atoms with E-state index in [0.717, 1.165) is 28.5 Å². The topological polar surface area (TPSA) is 80.5 Å². The molecule has 0 aliphatic rings. The van der Waals surface area contributed by atoms with E-state index in [4.69, 9.17) is 16.6 Å². The number of aromatic nitrogens is 1. The highest BCUT2D eigenvalue weighted by Gasteiger charge is 2.13. The van der Waals surface area contributed by atoms with Crippen LogP contribution in [0, 0.1) is 0 Å². The Morgan fingerprint density at radius 3 is 2.54 bits per heavy atom. The summed E-state index contributed by atoms with van der Waals surface area (Å²) in [7, 11) is 1.82. The highest BCUT2D eigenvalue weighted by Crippen LogP contribution is 2.32. The van der Waals surface area contributed by atoms with Crippen molar-refractivity contribution in [1.29, 1.82) is 0 Å². The predicted octanol–water partition coefficient (Wildman–Crippen LogP) is 4.65. The zero-order chi connectivity index (χ0) is 19.9. The second-order valence-electron chi connectivity index (χ2n) is 7.10. The Bertz CT molecular complexity index is 950. The lowest BCUT2D eigenvalue weighted by molar-refractivity contribution is 0.667. The van der Waals surface area contributed by atoms with Crippen molar-refractivity contribution in [3.05, 3.63) is 60.2 Å². The lowest BCUT2D eigenvalue weighted by atomic mass is 9.97. The standard InChI is InChI=1S/C23H29N5/c1-3-4-5-7-10-17-13-14-21-20(15-17)19(18-11-8-6-9-12-18)16-22(26-21)28(2)23(24)27-25/h6,8-9,11-16H,3-5,7,10,25H2,1-2H3,(H2,24,27). The number of hydrazone groups is 1. The summed E-state index contributed by atoms with van der Waals surface area (Å²) >= 11 is 0. The molecule has 146 valence electrons. The van der Waals surface area contributed by atoms with E-state index in [1.54, 1.807) is 4.90 Å². The summed E-state index contributed by atoms with van der Waals surface area (Å²) in [5.41, 5.74) is 10.5. The Kier molecular flexibility index (Phi) is 6.48. The monoisotopic (exact) mass is 375 g/mol. The third kappa shape index (κ3) is 4.42. The van der Waals surface area contributed by atoms with E-state index < -0.39 is 0 Å². The third-order valence-electron chi connectivity index (χ3n) is 5.08. The molecule has 0 atom stereocenters. The molecule has 1 aromatic heterocycles. The average Bonchev–Trinajstić information content (AvgIpc) is 2.75. The summed E-state index contributed by atoms with van der Waals surface area (Å²) in [5.74, 6) is 6.29. The molecule has 4 N–H and O–H groups in total. The van der Waals surface area contributed by atoms with Gasteiger partial charge in [0, 0.05) is 12.4 Å². The molecule has 1 heterocycles. The molecular formula is C23H29N5. The van der Waals surface area contributed by atoms with Gasteiger partial charge in [-0.3, -0.25) is 4.90 Å². The van der Waals surface area contributed by atoms with Crippen LogP contribution in [0.1, 0.15) is 38.2 Å². The lowest BCUT2D eigenvalue weighted by Gasteiger charge is -2.19. The fourth-order valence-electron chi connectivity index (χ4n) is 3.40. The molecule has 0 saturated carbocycles. The minimum absolute atomic E-state index is 0.221. The molecule has 0 aliphatic carbocycles. The number of benzene rings is 2. The number of guanidine groups is 1. The van der Waals surface area contributed by atoms with Gasteiger partial charge < -0.3 is 11.6 Å². The Morgan fingerprint density at radius 1 is 1.04 bits per heavy atom. The number of aryl methyl sites for hydroxylation is 1. The van der Waals surface area contributed by atoms with Gasteiger partial charge in [-0.05, 0) is 47.7 Å². The Morgan fingerprint density at radius 2 is 1.82 bits per heavy atom. The first-order valence-corrected chi connectivity index (χ1v) is 9.90. The van der Waals surface area contributed by atoms with E-state index in [-0.39, 0.29) is 5.96 Å². The van der Waals surface area contributed by atoms with Crippen LogP contribution in [0.2, 0.25) is 0 Å². The molecule has 0 unspecified atom stereocenters. The van der Waals surface area contributed by atoms with Crippen molar-refractivity contribution in [2.24, 2.45) is 16.7 Å². The lowest BCUT2D eigenvalue weighted by Crippen LogP contribution is -2.35. The number of nitrogens with two attached hydrogens (primary N) is 2. The fraction of sp³-hybridized carbons (Fsp3) is 0.304. The second-order valence-corrected chi connectivity index (χ2v) is 7.10. The van der Waals surface area contributed by atoms with Gasteiger partial charge >= 0.3 is 0 Å². The number of hydrogen-bond donors (Lipinski definition) is 2. The normalized spacial score (nSPS) is 11.7. The van der Waals surface area contributed by atoms with Crippen molar-refractivity contribution >= 4 is 22.7 Å². The van der Waals surface area contributed by atoms with Crippen molar-refractivity contribution in [3.63, 3.8) is 0 Å². The number of nitrogens with zero attached hydrogens (tertiary/aromatic N) is 3. The summed E-state index contributed by atoms with van der Waals surface area (Å²) in [4.78, 5) is 6.49.